The monoisotopic (exact) mass is 391 g/mol. The third kappa shape index (κ3) is 2.05. The molecule has 2 nitrogen and oxygen atoms in total. The molecule has 0 saturated carbocycles. The summed E-state index contributed by atoms with van der Waals surface area (Å²) in [5.41, 5.74) is 4.91. The van der Waals surface area contributed by atoms with Crippen LogP contribution in [0.15, 0.2) is 82.6 Å². The van der Waals surface area contributed by atoms with E-state index in [1.165, 1.54) is 42.8 Å². The van der Waals surface area contributed by atoms with Crippen LogP contribution in [0, 0.1) is 0 Å². The van der Waals surface area contributed by atoms with E-state index < -0.39 is 0 Å². The smallest absolute Gasteiger partial charge is 0.135 e. The Bertz CT molecular complexity index is 1590. The molecule has 7 rings (SSSR count). The molecular formula is C26H17NOS. The third-order valence-corrected chi connectivity index (χ3v) is 7.18. The average Bonchev–Trinajstić information content (AvgIpc) is 3.46. The lowest BCUT2D eigenvalue weighted by Crippen LogP contribution is -2.12. The predicted molar refractivity (Wildman–Crippen MR) is 123 cm³/mol. The van der Waals surface area contributed by atoms with Gasteiger partial charge in [0.25, 0.3) is 0 Å². The number of aromatic nitrogens is 1. The van der Waals surface area contributed by atoms with Crippen molar-refractivity contribution in [3.8, 4) is 0 Å². The largest absolute Gasteiger partial charge is 0.456 e. The summed E-state index contributed by atoms with van der Waals surface area (Å²) >= 11 is 1.84. The first kappa shape index (κ1) is 15.6. The molecule has 0 amide bonds. The van der Waals surface area contributed by atoms with Gasteiger partial charge in [0.1, 0.15) is 11.3 Å². The highest BCUT2D eigenvalue weighted by atomic mass is 32.1. The number of fused-ring (bicyclic) bond motifs is 8. The zero-order valence-corrected chi connectivity index (χ0v) is 16.4. The normalized spacial score (nSPS) is 16.3. The number of thiophene rings is 1. The second-order valence-corrected chi connectivity index (χ2v) is 8.67. The lowest BCUT2D eigenvalue weighted by molar-refractivity contribution is 0.572. The molecule has 1 atom stereocenters. The molecule has 0 saturated heterocycles. The van der Waals surface area contributed by atoms with Crippen LogP contribution in [-0.4, -0.2) is 4.57 Å². The van der Waals surface area contributed by atoms with Crippen LogP contribution in [-0.2, 0) is 6.42 Å². The van der Waals surface area contributed by atoms with Gasteiger partial charge in [0.15, 0.2) is 0 Å². The van der Waals surface area contributed by atoms with E-state index >= 15 is 0 Å². The topological polar surface area (TPSA) is 18.1 Å². The third-order valence-electron chi connectivity index (χ3n) is 6.24. The Morgan fingerprint density at radius 2 is 1.72 bits per heavy atom. The average molecular weight is 391 g/mol. The molecule has 0 radical (unpaired) electrons. The maximum Gasteiger partial charge on any atom is 0.135 e. The number of hydrogen-bond donors (Lipinski definition) is 0. The Hall–Kier alpha value is -3.30. The molecule has 0 aliphatic heterocycles. The molecule has 1 aliphatic carbocycles. The van der Waals surface area contributed by atoms with Crippen LogP contribution in [0.2, 0.25) is 0 Å². The number of allylic oxidation sites excluding steroid dienone is 1. The quantitative estimate of drug-likeness (QED) is 0.283. The second kappa shape index (κ2) is 5.62. The summed E-state index contributed by atoms with van der Waals surface area (Å²) in [4.78, 5) is 0. The minimum atomic E-state index is 0.267. The zero-order chi connectivity index (χ0) is 18.9. The van der Waals surface area contributed by atoms with Crippen molar-refractivity contribution in [3.63, 3.8) is 0 Å². The van der Waals surface area contributed by atoms with Crippen molar-refractivity contribution in [3.05, 3.63) is 89.5 Å². The van der Waals surface area contributed by atoms with Crippen LogP contribution in [0.3, 0.4) is 0 Å². The number of nitrogens with zero attached hydrogens (tertiary/aromatic N) is 1. The van der Waals surface area contributed by atoms with E-state index in [9.17, 15) is 0 Å². The van der Waals surface area contributed by atoms with Crippen molar-refractivity contribution in [2.24, 2.45) is 0 Å². The highest BCUT2D eigenvalue weighted by Crippen LogP contribution is 2.42. The molecule has 0 bridgehead atoms. The van der Waals surface area contributed by atoms with Gasteiger partial charge in [-0.05, 0) is 41.1 Å². The number of benzene rings is 3. The van der Waals surface area contributed by atoms with Crippen molar-refractivity contribution >= 4 is 60.3 Å². The first-order valence-corrected chi connectivity index (χ1v) is 10.8. The second-order valence-electron chi connectivity index (χ2n) is 7.76. The van der Waals surface area contributed by atoms with Gasteiger partial charge in [-0.3, -0.25) is 0 Å². The van der Waals surface area contributed by atoms with E-state index in [-0.39, 0.29) is 6.04 Å². The summed E-state index contributed by atoms with van der Waals surface area (Å²) in [7, 11) is 0. The van der Waals surface area contributed by atoms with Gasteiger partial charge >= 0.3 is 0 Å². The maximum atomic E-state index is 6.08. The van der Waals surface area contributed by atoms with Crippen molar-refractivity contribution in [1.29, 1.82) is 0 Å². The van der Waals surface area contributed by atoms with Crippen LogP contribution in [0.1, 0.15) is 17.4 Å². The fourth-order valence-corrected chi connectivity index (χ4v) is 5.94. The molecule has 0 fully saturated rings. The highest BCUT2D eigenvalue weighted by Gasteiger charge is 2.24. The Labute approximate surface area is 171 Å². The SMILES string of the molecule is C1=CC(n2c3ccccc3c3c4sccc4ccc32)Cc2c1oc1ccccc21. The van der Waals surface area contributed by atoms with E-state index in [1.54, 1.807) is 0 Å². The molecule has 29 heavy (non-hydrogen) atoms. The van der Waals surface area contributed by atoms with Crippen LogP contribution in [0.4, 0.5) is 0 Å². The zero-order valence-electron chi connectivity index (χ0n) is 15.6. The standard InChI is InChI=1S/C26H17NOS/c1-3-7-21-19(6-1)25-22(11-9-16-13-14-29-26(16)25)27(21)17-10-12-24-20(15-17)18-5-2-4-8-23(18)28-24/h1-14,17H,15H2. The first-order chi connectivity index (χ1) is 14.4. The lowest BCUT2D eigenvalue weighted by atomic mass is 9.97. The molecule has 3 heterocycles. The van der Waals surface area contributed by atoms with Crippen molar-refractivity contribution in [1.82, 2.24) is 4.57 Å². The van der Waals surface area contributed by atoms with Gasteiger partial charge < -0.3 is 8.98 Å². The summed E-state index contributed by atoms with van der Waals surface area (Å²) in [5, 5.41) is 7.47. The van der Waals surface area contributed by atoms with Crippen molar-refractivity contribution in [2.75, 3.05) is 0 Å². The van der Waals surface area contributed by atoms with E-state index in [0.29, 0.717) is 0 Å². The number of rotatable bonds is 1. The van der Waals surface area contributed by atoms with Gasteiger partial charge in [-0.2, -0.15) is 0 Å². The van der Waals surface area contributed by atoms with Gasteiger partial charge in [-0.25, -0.2) is 0 Å². The summed E-state index contributed by atoms with van der Waals surface area (Å²) in [5.74, 6) is 1.00. The minimum absolute atomic E-state index is 0.267. The van der Waals surface area contributed by atoms with E-state index in [2.05, 4.69) is 82.8 Å². The van der Waals surface area contributed by atoms with Crippen molar-refractivity contribution < 1.29 is 4.42 Å². The highest BCUT2D eigenvalue weighted by molar-refractivity contribution is 7.18. The Balaban J connectivity index is 1.52. The summed E-state index contributed by atoms with van der Waals surface area (Å²) in [6.45, 7) is 0. The Kier molecular flexibility index (Phi) is 3.02. The van der Waals surface area contributed by atoms with E-state index in [1.807, 2.05) is 17.4 Å². The van der Waals surface area contributed by atoms with Crippen LogP contribution in [0.5, 0.6) is 0 Å². The maximum absolute atomic E-state index is 6.08. The Morgan fingerprint density at radius 1 is 0.862 bits per heavy atom. The number of hydrogen-bond acceptors (Lipinski definition) is 2. The number of para-hydroxylation sites is 2. The van der Waals surface area contributed by atoms with Gasteiger partial charge in [-0.15, -0.1) is 11.3 Å². The summed E-state index contributed by atoms with van der Waals surface area (Å²) < 4.78 is 9.98. The molecular weight excluding hydrogens is 374 g/mol. The van der Waals surface area contributed by atoms with Crippen molar-refractivity contribution in [2.45, 2.75) is 12.5 Å². The van der Waals surface area contributed by atoms with Crippen LogP contribution in [0.25, 0.3) is 48.9 Å². The van der Waals surface area contributed by atoms with Crippen LogP contribution >= 0.6 is 11.3 Å². The molecule has 0 spiro atoms. The molecule has 138 valence electrons. The van der Waals surface area contributed by atoms with E-state index in [4.69, 9.17) is 4.42 Å². The predicted octanol–water partition coefficient (Wildman–Crippen LogP) is 7.57. The molecule has 3 aromatic heterocycles. The molecule has 0 N–H and O–H groups in total. The lowest BCUT2D eigenvalue weighted by Gasteiger charge is -2.21. The minimum Gasteiger partial charge on any atom is -0.456 e. The Morgan fingerprint density at radius 3 is 2.69 bits per heavy atom. The van der Waals surface area contributed by atoms with Gasteiger partial charge in [-0.1, -0.05) is 48.5 Å². The van der Waals surface area contributed by atoms with E-state index in [0.717, 1.165) is 17.8 Å². The number of furan rings is 1. The fourth-order valence-electron chi connectivity index (χ4n) is 4.98. The van der Waals surface area contributed by atoms with Gasteiger partial charge in [0.2, 0.25) is 0 Å². The molecule has 1 unspecified atom stereocenters. The van der Waals surface area contributed by atoms with Gasteiger partial charge in [0, 0.05) is 38.4 Å². The first-order valence-electron chi connectivity index (χ1n) is 9.96. The molecule has 3 aromatic carbocycles. The van der Waals surface area contributed by atoms with Gasteiger partial charge in [0.05, 0.1) is 11.6 Å². The molecule has 6 aromatic rings. The molecule has 3 heteroatoms. The summed E-state index contributed by atoms with van der Waals surface area (Å²) in [6.07, 6.45) is 5.40. The summed E-state index contributed by atoms with van der Waals surface area (Å²) in [6, 6.07) is 24.2. The molecule has 1 aliphatic rings. The van der Waals surface area contributed by atoms with Crippen LogP contribution < -0.4 is 0 Å². The fraction of sp³-hybridized carbons (Fsp3) is 0.0769.